The Morgan fingerprint density at radius 3 is 2.47 bits per heavy atom. The monoisotopic (exact) mass is 207 g/mol. The van der Waals surface area contributed by atoms with Gasteiger partial charge in [-0.15, -0.1) is 0 Å². The van der Waals surface area contributed by atoms with E-state index in [1.807, 2.05) is 12.4 Å². The first-order chi connectivity index (χ1) is 7.34. The summed E-state index contributed by atoms with van der Waals surface area (Å²) in [6.07, 6.45) is 3.70. The lowest BCUT2D eigenvalue weighted by Gasteiger charge is -2.27. The van der Waals surface area contributed by atoms with E-state index in [0.717, 1.165) is 39.3 Å². The molecule has 0 spiro atoms. The Kier molecular flexibility index (Phi) is 3.53. The Morgan fingerprint density at radius 1 is 1.13 bits per heavy atom. The van der Waals surface area contributed by atoms with E-state index in [0.29, 0.717) is 0 Å². The highest BCUT2D eigenvalue weighted by Crippen LogP contribution is 1.93. The largest absolute Gasteiger partial charge is 0.353 e. The third kappa shape index (κ3) is 3.18. The molecule has 1 N–H and O–H groups in total. The fourth-order valence-corrected chi connectivity index (χ4v) is 1.78. The van der Waals surface area contributed by atoms with E-state index in [-0.39, 0.29) is 5.43 Å². The van der Waals surface area contributed by atoms with Gasteiger partial charge in [0.1, 0.15) is 0 Å². The number of hydrogen-bond donors (Lipinski definition) is 1. The Bertz CT molecular complexity index is 335. The van der Waals surface area contributed by atoms with E-state index in [2.05, 4.69) is 14.8 Å². The quantitative estimate of drug-likeness (QED) is 0.743. The minimum Gasteiger partial charge on any atom is -0.353 e. The van der Waals surface area contributed by atoms with E-state index >= 15 is 0 Å². The van der Waals surface area contributed by atoms with Gasteiger partial charge in [0.25, 0.3) is 0 Å². The number of nitrogens with one attached hydrogen (secondary N) is 1. The molecule has 4 heteroatoms. The smallest absolute Gasteiger partial charge is 0.181 e. The first-order valence-corrected chi connectivity index (χ1v) is 5.44. The zero-order chi connectivity index (χ0) is 10.5. The fraction of sp³-hybridized carbons (Fsp3) is 0.545. The van der Waals surface area contributed by atoms with Gasteiger partial charge >= 0.3 is 0 Å². The lowest BCUT2D eigenvalue weighted by Crippen LogP contribution is -2.44. The van der Waals surface area contributed by atoms with Crippen LogP contribution in [0.2, 0.25) is 0 Å². The van der Waals surface area contributed by atoms with E-state index in [1.54, 1.807) is 12.1 Å². The molecule has 1 aliphatic rings. The molecule has 0 aromatic carbocycles. The number of aromatic nitrogens is 1. The zero-order valence-corrected chi connectivity index (χ0v) is 8.85. The topological polar surface area (TPSA) is 37.3 Å². The molecule has 0 radical (unpaired) electrons. The summed E-state index contributed by atoms with van der Waals surface area (Å²) < 4.78 is 2.06. The number of pyridine rings is 1. The predicted octanol–water partition coefficient (Wildman–Crippen LogP) is -0.246. The maximum atomic E-state index is 10.9. The van der Waals surface area contributed by atoms with Crippen molar-refractivity contribution >= 4 is 0 Å². The van der Waals surface area contributed by atoms with E-state index < -0.39 is 0 Å². The Balaban J connectivity index is 1.81. The van der Waals surface area contributed by atoms with Crippen LogP contribution >= 0.6 is 0 Å². The highest BCUT2D eigenvalue weighted by Gasteiger charge is 2.08. The van der Waals surface area contributed by atoms with Crippen LogP contribution in [0.3, 0.4) is 0 Å². The molecule has 1 saturated heterocycles. The molecule has 0 unspecified atom stereocenters. The van der Waals surface area contributed by atoms with Gasteiger partial charge in [-0.1, -0.05) is 0 Å². The Hall–Kier alpha value is -1.13. The van der Waals surface area contributed by atoms with Gasteiger partial charge < -0.3 is 9.88 Å². The molecule has 0 atom stereocenters. The van der Waals surface area contributed by atoms with Gasteiger partial charge in [0, 0.05) is 63.8 Å². The minimum atomic E-state index is 0.0772. The molecule has 2 rings (SSSR count). The SMILES string of the molecule is O=c1ccn(CCN2CCNCC2)cc1. The molecule has 15 heavy (non-hydrogen) atoms. The van der Waals surface area contributed by atoms with Crippen LogP contribution in [0.15, 0.2) is 29.3 Å². The molecule has 1 fully saturated rings. The van der Waals surface area contributed by atoms with Crippen molar-refractivity contribution in [3.63, 3.8) is 0 Å². The first kappa shape index (κ1) is 10.4. The van der Waals surface area contributed by atoms with Crippen molar-refractivity contribution in [3.05, 3.63) is 34.7 Å². The van der Waals surface area contributed by atoms with Gasteiger partial charge in [-0.3, -0.25) is 9.69 Å². The second-order valence-corrected chi connectivity index (χ2v) is 3.86. The van der Waals surface area contributed by atoms with Crippen LogP contribution in [0.1, 0.15) is 0 Å². The van der Waals surface area contributed by atoms with Gasteiger partial charge in [-0.25, -0.2) is 0 Å². The normalized spacial score (nSPS) is 17.9. The molecule has 0 amide bonds. The lowest BCUT2D eigenvalue weighted by atomic mass is 10.3. The lowest BCUT2D eigenvalue weighted by molar-refractivity contribution is 0.232. The molecule has 2 heterocycles. The van der Waals surface area contributed by atoms with Crippen LogP contribution < -0.4 is 10.7 Å². The summed E-state index contributed by atoms with van der Waals surface area (Å²) in [4.78, 5) is 13.3. The van der Waals surface area contributed by atoms with Crippen LogP contribution in [0, 0.1) is 0 Å². The van der Waals surface area contributed by atoms with Crippen LogP contribution in [0.4, 0.5) is 0 Å². The second kappa shape index (κ2) is 5.09. The highest BCUT2D eigenvalue weighted by molar-refractivity contribution is 4.93. The highest BCUT2D eigenvalue weighted by atomic mass is 16.1. The van der Waals surface area contributed by atoms with Gasteiger partial charge in [0.2, 0.25) is 0 Å². The van der Waals surface area contributed by atoms with Crippen molar-refractivity contribution < 1.29 is 0 Å². The van der Waals surface area contributed by atoms with E-state index in [9.17, 15) is 4.79 Å². The number of hydrogen-bond acceptors (Lipinski definition) is 3. The number of nitrogens with zero attached hydrogens (tertiary/aromatic N) is 2. The standard InChI is InChI=1S/C11H17N3O/c15-11-1-5-13(6-2-11)9-10-14-7-3-12-4-8-14/h1-2,5-6,12H,3-4,7-10H2. The number of rotatable bonds is 3. The summed E-state index contributed by atoms with van der Waals surface area (Å²) >= 11 is 0. The summed E-state index contributed by atoms with van der Waals surface area (Å²) in [5.74, 6) is 0. The maximum Gasteiger partial charge on any atom is 0.181 e. The average molecular weight is 207 g/mol. The van der Waals surface area contributed by atoms with Crippen molar-refractivity contribution in [3.8, 4) is 0 Å². The second-order valence-electron chi connectivity index (χ2n) is 3.86. The van der Waals surface area contributed by atoms with Crippen molar-refractivity contribution in [2.75, 3.05) is 32.7 Å². The zero-order valence-electron chi connectivity index (χ0n) is 8.85. The molecule has 0 saturated carbocycles. The summed E-state index contributed by atoms with van der Waals surface area (Å²) in [5.41, 5.74) is 0.0772. The first-order valence-electron chi connectivity index (χ1n) is 5.44. The Labute approximate surface area is 89.5 Å². The summed E-state index contributed by atoms with van der Waals surface area (Å²) in [6, 6.07) is 3.22. The third-order valence-electron chi connectivity index (χ3n) is 2.74. The van der Waals surface area contributed by atoms with Crippen molar-refractivity contribution in [2.45, 2.75) is 6.54 Å². The summed E-state index contributed by atoms with van der Waals surface area (Å²) in [6.45, 7) is 6.44. The fourth-order valence-electron chi connectivity index (χ4n) is 1.78. The van der Waals surface area contributed by atoms with Crippen LogP contribution in [0.5, 0.6) is 0 Å². The molecular formula is C11H17N3O. The van der Waals surface area contributed by atoms with Crippen LogP contribution in [-0.4, -0.2) is 42.2 Å². The number of piperazine rings is 1. The van der Waals surface area contributed by atoms with Gasteiger partial charge in [-0.2, -0.15) is 0 Å². The van der Waals surface area contributed by atoms with Crippen LogP contribution in [-0.2, 0) is 6.54 Å². The van der Waals surface area contributed by atoms with E-state index in [4.69, 9.17) is 0 Å². The predicted molar refractivity (Wildman–Crippen MR) is 60.0 cm³/mol. The third-order valence-corrected chi connectivity index (χ3v) is 2.74. The molecule has 4 nitrogen and oxygen atoms in total. The molecule has 82 valence electrons. The molecular weight excluding hydrogens is 190 g/mol. The minimum absolute atomic E-state index is 0.0772. The Morgan fingerprint density at radius 2 is 1.80 bits per heavy atom. The molecule has 1 aliphatic heterocycles. The summed E-state index contributed by atoms with van der Waals surface area (Å²) in [7, 11) is 0. The molecule has 1 aromatic heterocycles. The van der Waals surface area contributed by atoms with Crippen LogP contribution in [0.25, 0.3) is 0 Å². The molecule has 1 aromatic rings. The maximum absolute atomic E-state index is 10.9. The summed E-state index contributed by atoms with van der Waals surface area (Å²) in [5, 5.41) is 3.33. The van der Waals surface area contributed by atoms with Crippen molar-refractivity contribution in [1.29, 1.82) is 0 Å². The van der Waals surface area contributed by atoms with E-state index in [1.165, 1.54) is 0 Å². The van der Waals surface area contributed by atoms with Gasteiger partial charge in [-0.05, 0) is 0 Å². The molecule has 0 bridgehead atoms. The average Bonchev–Trinajstić information content (AvgIpc) is 2.30. The van der Waals surface area contributed by atoms with Crippen molar-refractivity contribution in [1.82, 2.24) is 14.8 Å². The van der Waals surface area contributed by atoms with Gasteiger partial charge in [0.15, 0.2) is 5.43 Å². The van der Waals surface area contributed by atoms with Gasteiger partial charge in [0.05, 0.1) is 0 Å². The molecule has 0 aliphatic carbocycles. The van der Waals surface area contributed by atoms with Crippen molar-refractivity contribution in [2.24, 2.45) is 0 Å².